The largest absolute Gasteiger partial charge is 0.450 e. The normalized spacial score (nSPS) is 16.1. The maximum atomic E-state index is 12.1. The van der Waals surface area contributed by atoms with Crippen molar-refractivity contribution in [3.05, 3.63) is 35.4 Å². The molecule has 1 atom stereocenters. The van der Waals surface area contributed by atoms with Gasteiger partial charge in [0.05, 0.1) is 6.54 Å². The van der Waals surface area contributed by atoms with E-state index >= 15 is 0 Å². The Morgan fingerprint density at radius 2 is 2.04 bits per heavy atom. The molecule has 2 N–H and O–H groups in total. The molecular formula is C20H27NO3. The average Bonchev–Trinajstić information content (AvgIpc) is 2.64. The zero-order chi connectivity index (χ0) is 17.2. The number of ether oxygens (including phenoxy) is 1. The third-order valence-electron chi connectivity index (χ3n) is 4.43. The topological polar surface area (TPSA) is 58.6 Å². The zero-order valence-corrected chi connectivity index (χ0v) is 14.4. The molecule has 0 saturated heterocycles. The van der Waals surface area contributed by atoms with Gasteiger partial charge in [-0.05, 0) is 36.4 Å². The first-order valence-corrected chi connectivity index (χ1v) is 8.84. The summed E-state index contributed by atoms with van der Waals surface area (Å²) in [5.41, 5.74) is 1.76. The van der Waals surface area contributed by atoms with Crippen molar-refractivity contribution in [2.45, 2.75) is 51.0 Å². The van der Waals surface area contributed by atoms with Gasteiger partial charge in [-0.25, -0.2) is 4.79 Å². The number of aliphatic hydroxyl groups excluding tert-OH is 1. The van der Waals surface area contributed by atoms with E-state index in [1.807, 2.05) is 31.2 Å². The van der Waals surface area contributed by atoms with Crippen LogP contribution in [0.15, 0.2) is 24.3 Å². The standard InChI is InChI=1S/C20H27NO3/c1-2-21-14-8-9-15-24-20(23)19(22)18-13-7-6-12-17(18)16-10-4-3-5-11-16/h6-7,12-13,16,19,21-22H,2-5,10-11,14-15H2,1H3. The molecule has 0 heterocycles. The molecule has 1 saturated carbocycles. The van der Waals surface area contributed by atoms with E-state index in [1.54, 1.807) is 0 Å². The molecule has 24 heavy (non-hydrogen) atoms. The van der Waals surface area contributed by atoms with Crippen LogP contribution in [0.4, 0.5) is 0 Å². The Hall–Kier alpha value is -1.83. The maximum Gasteiger partial charge on any atom is 0.340 e. The van der Waals surface area contributed by atoms with E-state index in [2.05, 4.69) is 17.2 Å². The van der Waals surface area contributed by atoms with Crippen molar-refractivity contribution in [1.82, 2.24) is 5.32 Å². The minimum atomic E-state index is -1.24. The van der Waals surface area contributed by atoms with Crippen LogP contribution in [-0.4, -0.2) is 30.8 Å². The van der Waals surface area contributed by atoms with Crippen molar-refractivity contribution in [2.24, 2.45) is 0 Å². The minimum absolute atomic E-state index is 0.00683. The van der Waals surface area contributed by atoms with Crippen molar-refractivity contribution in [3.8, 4) is 11.8 Å². The van der Waals surface area contributed by atoms with Crippen LogP contribution in [0.1, 0.15) is 62.2 Å². The average molecular weight is 329 g/mol. The first-order chi connectivity index (χ1) is 11.7. The Morgan fingerprint density at radius 3 is 2.79 bits per heavy atom. The molecule has 1 aromatic rings. The number of nitrogens with one attached hydrogen (secondary N) is 1. The fourth-order valence-corrected chi connectivity index (χ4v) is 3.16. The summed E-state index contributed by atoms with van der Waals surface area (Å²) in [6.07, 6.45) is 4.69. The molecule has 4 heteroatoms. The summed E-state index contributed by atoms with van der Waals surface area (Å²) in [6.45, 7) is 3.43. The van der Waals surface area contributed by atoms with Crippen LogP contribution >= 0.6 is 0 Å². The van der Waals surface area contributed by atoms with Gasteiger partial charge in [-0.3, -0.25) is 0 Å². The predicted molar refractivity (Wildman–Crippen MR) is 94.5 cm³/mol. The van der Waals surface area contributed by atoms with Crippen molar-refractivity contribution < 1.29 is 14.6 Å². The number of esters is 1. The van der Waals surface area contributed by atoms with Gasteiger partial charge in [0.15, 0.2) is 12.7 Å². The molecular weight excluding hydrogens is 302 g/mol. The SMILES string of the molecule is CCNCC#CCOC(=O)C(O)c1ccccc1C1CCCCC1. The number of rotatable bonds is 6. The summed E-state index contributed by atoms with van der Waals surface area (Å²) in [4.78, 5) is 12.1. The van der Waals surface area contributed by atoms with E-state index in [1.165, 1.54) is 19.3 Å². The van der Waals surface area contributed by atoms with Crippen LogP contribution in [-0.2, 0) is 9.53 Å². The summed E-state index contributed by atoms with van der Waals surface area (Å²) >= 11 is 0. The highest BCUT2D eigenvalue weighted by Gasteiger charge is 2.25. The summed E-state index contributed by atoms with van der Waals surface area (Å²) in [5.74, 6) is 5.43. The van der Waals surface area contributed by atoms with Gasteiger partial charge in [0.2, 0.25) is 0 Å². The van der Waals surface area contributed by atoms with Gasteiger partial charge in [0, 0.05) is 0 Å². The molecule has 0 spiro atoms. The van der Waals surface area contributed by atoms with Crippen molar-refractivity contribution in [2.75, 3.05) is 19.7 Å². The zero-order valence-electron chi connectivity index (χ0n) is 14.4. The van der Waals surface area contributed by atoms with Gasteiger partial charge < -0.3 is 15.2 Å². The van der Waals surface area contributed by atoms with Gasteiger partial charge in [-0.2, -0.15) is 0 Å². The fourth-order valence-electron chi connectivity index (χ4n) is 3.16. The molecule has 0 aromatic heterocycles. The first-order valence-electron chi connectivity index (χ1n) is 8.84. The Labute approximate surface area is 144 Å². The number of aliphatic hydroxyl groups is 1. The summed E-state index contributed by atoms with van der Waals surface area (Å²) in [6, 6.07) is 7.68. The molecule has 0 radical (unpaired) electrons. The lowest BCUT2D eigenvalue weighted by molar-refractivity contribution is -0.152. The van der Waals surface area contributed by atoms with Crippen molar-refractivity contribution in [3.63, 3.8) is 0 Å². The van der Waals surface area contributed by atoms with Gasteiger partial charge in [-0.1, -0.05) is 62.3 Å². The molecule has 4 nitrogen and oxygen atoms in total. The Bertz CT molecular complexity index is 582. The van der Waals surface area contributed by atoms with E-state index < -0.39 is 12.1 Å². The molecule has 1 aliphatic carbocycles. The molecule has 0 bridgehead atoms. The number of hydrogen-bond acceptors (Lipinski definition) is 4. The Kier molecular flexibility index (Phi) is 7.81. The van der Waals surface area contributed by atoms with Crippen LogP contribution in [0, 0.1) is 11.8 Å². The number of carbonyl (C=O) groups excluding carboxylic acids is 1. The predicted octanol–water partition coefficient (Wildman–Crippen LogP) is 2.92. The third kappa shape index (κ3) is 5.36. The first kappa shape index (κ1) is 18.5. The van der Waals surface area contributed by atoms with Gasteiger partial charge in [0.1, 0.15) is 0 Å². The third-order valence-corrected chi connectivity index (χ3v) is 4.43. The van der Waals surface area contributed by atoms with Crippen LogP contribution < -0.4 is 5.32 Å². The maximum absolute atomic E-state index is 12.1. The Balaban J connectivity index is 1.96. The van der Waals surface area contributed by atoms with Crippen molar-refractivity contribution in [1.29, 1.82) is 0 Å². The Morgan fingerprint density at radius 1 is 1.29 bits per heavy atom. The molecule has 1 fully saturated rings. The molecule has 130 valence electrons. The lowest BCUT2D eigenvalue weighted by atomic mass is 9.81. The summed E-state index contributed by atoms with van der Waals surface area (Å²) in [5, 5.41) is 13.5. The number of benzene rings is 1. The molecule has 1 aliphatic rings. The lowest BCUT2D eigenvalue weighted by Gasteiger charge is -2.25. The summed E-state index contributed by atoms with van der Waals surface area (Å²) in [7, 11) is 0. The van der Waals surface area contributed by atoms with E-state index in [-0.39, 0.29) is 6.61 Å². The van der Waals surface area contributed by atoms with Crippen LogP contribution in [0.5, 0.6) is 0 Å². The van der Waals surface area contributed by atoms with Crippen molar-refractivity contribution >= 4 is 5.97 Å². The van der Waals surface area contributed by atoms with Crippen LogP contribution in [0.25, 0.3) is 0 Å². The minimum Gasteiger partial charge on any atom is -0.450 e. The molecule has 1 aromatic carbocycles. The molecule has 0 aliphatic heterocycles. The second-order valence-corrected chi connectivity index (χ2v) is 6.11. The molecule has 0 amide bonds. The molecule has 1 unspecified atom stereocenters. The second kappa shape index (κ2) is 10.1. The lowest BCUT2D eigenvalue weighted by Crippen LogP contribution is -2.19. The highest BCUT2D eigenvalue weighted by Crippen LogP contribution is 2.36. The highest BCUT2D eigenvalue weighted by molar-refractivity contribution is 5.77. The highest BCUT2D eigenvalue weighted by atomic mass is 16.5. The summed E-state index contributed by atoms with van der Waals surface area (Å²) < 4.78 is 5.09. The van der Waals surface area contributed by atoms with Crippen LogP contribution in [0.2, 0.25) is 0 Å². The van der Waals surface area contributed by atoms with E-state index in [0.29, 0.717) is 18.0 Å². The van der Waals surface area contributed by atoms with E-state index in [9.17, 15) is 9.90 Å². The second-order valence-electron chi connectivity index (χ2n) is 6.11. The smallest absolute Gasteiger partial charge is 0.340 e. The van der Waals surface area contributed by atoms with E-state index in [4.69, 9.17) is 4.74 Å². The fraction of sp³-hybridized carbons (Fsp3) is 0.550. The van der Waals surface area contributed by atoms with Gasteiger partial charge in [0.25, 0.3) is 0 Å². The molecule has 2 rings (SSSR count). The van der Waals surface area contributed by atoms with Gasteiger partial charge >= 0.3 is 5.97 Å². The van der Waals surface area contributed by atoms with Crippen LogP contribution in [0.3, 0.4) is 0 Å². The monoisotopic (exact) mass is 329 g/mol. The number of carbonyl (C=O) groups is 1. The number of hydrogen-bond donors (Lipinski definition) is 2. The van der Waals surface area contributed by atoms with Gasteiger partial charge in [-0.15, -0.1) is 0 Å². The quantitative estimate of drug-likeness (QED) is 0.479. The van der Waals surface area contributed by atoms with E-state index in [0.717, 1.165) is 24.9 Å².